The number of para-hydroxylation sites is 1. The van der Waals surface area contributed by atoms with Crippen molar-refractivity contribution in [1.82, 2.24) is 24.4 Å². The Hall–Kier alpha value is -4.00. The van der Waals surface area contributed by atoms with Gasteiger partial charge < -0.3 is 14.5 Å². The maximum Gasteiger partial charge on any atom is 0.242 e. The number of amides is 1. The van der Waals surface area contributed by atoms with Crippen molar-refractivity contribution in [2.24, 2.45) is 4.99 Å². The summed E-state index contributed by atoms with van der Waals surface area (Å²) in [6.07, 6.45) is 11.3. The fourth-order valence-corrected chi connectivity index (χ4v) is 6.12. The molecule has 7 rings (SSSR count). The number of piperidine rings is 1. The van der Waals surface area contributed by atoms with Crippen LogP contribution in [0.25, 0.3) is 33.5 Å². The molecule has 0 spiro atoms. The van der Waals surface area contributed by atoms with Crippen molar-refractivity contribution in [2.45, 2.75) is 44.7 Å². The predicted molar refractivity (Wildman–Crippen MR) is 141 cm³/mol. The van der Waals surface area contributed by atoms with Gasteiger partial charge in [0.05, 0.1) is 17.1 Å². The van der Waals surface area contributed by atoms with Gasteiger partial charge in [-0.2, -0.15) is 0 Å². The van der Waals surface area contributed by atoms with E-state index in [9.17, 15) is 4.79 Å². The van der Waals surface area contributed by atoms with E-state index in [0.717, 1.165) is 76.6 Å². The first kappa shape index (κ1) is 21.3. The lowest BCUT2D eigenvalue weighted by molar-refractivity contribution is -0.132. The topological polar surface area (TPSA) is 79.2 Å². The second kappa shape index (κ2) is 8.29. The SMILES string of the molecule is Cc1c(-c2nc3c([nH]2)C2C=CC=NC2c2ncccc2-3)c2ccccc2n1CC(=O)N1CCCCC1. The number of nitrogens with one attached hydrogen (secondary N) is 1. The van der Waals surface area contributed by atoms with E-state index < -0.39 is 0 Å². The predicted octanol–water partition coefficient (Wildman–Crippen LogP) is 5.19. The molecule has 0 saturated carbocycles. The van der Waals surface area contributed by atoms with Crippen LogP contribution in [0.3, 0.4) is 0 Å². The summed E-state index contributed by atoms with van der Waals surface area (Å²) in [5, 5.41) is 1.10. The summed E-state index contributed by atoms with van der Waals surface area (Å²) in [5.41, 5.74) is 7.18. The third-order valence-corrected chi connectivity index (χ3v) is 7.90. The van der Waals surface area contributed by atoms with E-state index in [-0.39, 0.29) is 17.9 Å². The molecule has 5 heterocycles. The second-order valence-electron chi connectivity index (χ2n) is 9.94. The largest absolute Gasteiger partial charge is 0.341 e. The quantitative estimate of drug-likeness (QED) is 0.442. The van der Waals surface area contributed by atoms with Crippen molar-refractivity contribution in [1.29, 1.82) is 0 Å². The average Bonchev–Trinajstić information content (AvgIpc) is 3.49. The summed E-state index contributed by atoms with van der Waals surface area (Å²) < 4.78 is 2.16. The number of hydrogen-bond acceptors (Lipinski definition) is 4. The molecule has 7 heteroatoms. The first-order chi connectivity index (χ1) is 17.7. The number of imidazole rings is 1. The molecule has 180 valence electrons. The van der Waals surface area contributed by atoms with Crippen molar-refractivity contribution in [3.63, 3.8) is 0 Å². The van der Waals surface area contributed by atoms with Gasteiger partial charge in [0.15, 0.2) is 0 Å². The van der Waals surface area contributed by atoms with Crippen LogP contribution in [0.2, 0.25) is 0 Å². The molecular weight excluding hydrogens is 448 g/mol. The highest BCUT2D eigenvalue weighted by molar-refractivity contribution is 5.98. The van der Waals surface area contributed by atoms with Crippen LogP contribution in [0.15, 0.2) is 59.7 Å². The molecule has 2 aliphatic heterocycles. The average molecular weight is 477 g/mol. The van der Waals surface area contributed by atoms with Gasteiger partial charge in [-0.25, -0.2) is 4.98 Å². The first-order valence-electron chi connectivity index (χ1n) is 12.8. The van der Waals surface area contributed by atoms with Gasteiger partial charge in [0.25, 0.3) is 0 Å². The normalized spacial score (nSPS) is 20.3. The molecule has 4 aromatic rings. The number of carbonyl (C=O) groups excluding carboxylic acids is 1. The van der Waals surface area contributed by atoms with Crippen molar-refractivity contribution in [3.05, 3.63) is 71.8 Å². The number of likely N-dealkylation sites (tertiary alicyclic amines) is 1. The minimum Gasteiger partial charge on any atom is -0.341 e. The van der Waals surface area contributed by atoms with E-state index >= 15 is 0 Å². The number of dihydropyridines is 1. The number of nitrogens with zero attached hydrogens (tertiary/aromatic N) is 5. The van der Waals surface area contributed by atoms with Gasteiger partial charge in [0.1, 0.15) is 18.4 Å². The number of fused-ring (bicyclic) bond motifs is 7. The maximum atomic E-state index is 13.2. The number of carbonyl (C=O) groups is 1. The Labute approximate surface area is 209 Å². The summed E-state index contributed by atoms with van der Waals surface area (Å²) in [7, 11) is 0. The number of pyridine rings is 1. The van der Waals surface area contributed by atoms with Crippen LogP contribution < -0.4 is 0 Å². The number of H-pyrrole nitrogens is 1. The van der Waals surface area contributed by atoms with E-state index in [1.165, 1.54) is 6.42 Å². The molecule has 1 aliphatic carbocycles. The van der Waals surface area contributed by atoms with E-state index in [2.05, 4.69) is 51.8 Å². The molecule has 1 saturated heterocycles. The minimum atomic E-state index is -0.0448. The summed E-state index contributed by atoms with van der Waals surface area (Å²) in [4.78, 5) is 33.5. The number of hydrogen-bond donors (Lipinski definition) is 1. The highest BCUT2D eigenvalue weighted by Crippen LogP contribution is 2.48. The zero-order chi connectivity index (χ0) is 24.2. The van der Waals surface area contributed by atoms with Gasteiger partial charge in [-0.15, -0.1) is 0 Å². The number of aliphatic imine (C=N–C) groups is 1. The van der Waals surface area contributed by atoms with E-state index in [0.29, 0.717) is 6.54 Å². The van der Waals surface area contributed by atoms with Crippen LogP contribution in [0.1, 0.15) is 48.3 Å². The Morgan fingerprint density at radius 3 is 2.86 bits per heavy atom. The molecule has 2 unspecified atom stereocenters. The fraction of sp³-hybridized carbons (Fsp3) is 0.310. The standard InChI is InChI=1S/C29H28N6O/c1-18-24(19-9-3-4-12-22(19)35(18)17-23(36)34-15-5-2-6-16-34)29-32-27-20-10-7-13-30-25(20)26-21(28(27)33-29)11-8-14-31-26/h3-4,7-14,20,25H,2,5-6,15-17H2,1H3,(H,32,33). The monoisotopic (exact) mass is 476 g/mol. The van der Waals surface area contributed by atoms with Gasteiger partial charge in [0.2, 0.25) is 5.91 Å². The molecule has 1 amide bonds. The van der Waals surface area contributed by atoms with Crippen LogP contribution in [0.4, 0.5) is 0 Å². The van der Waals surface area contributed by atoms with Crippen molar-refractivity contribution in [3.8, 4) is 22.6 Å². The first-order valence-corrected chi connectivity index (χ1v) is 12.8. The Kier molecular flexibility index (Phi) is 4.91. The van der Waals surface area contributed by atoms with E-state index in [4.69, 9.17) is 9.98 Å². The van der Waals surface area contributed by atoms with Gasteiger partial charge in [0, 0.05) is 59.1 Å². The molecule has 36 heavy (non-hydrogen) atoms. The molecule has 1 fully saturated rings. The summed E-state index contributed by atoms with van der Waals surface area (Å²) in [6, 6.07) is 12.3. The third-order valence-electron chi connectivity index (χ3n) is 7.90. The van der Waals surface area contributed by atoms with Crippen LogP contribution in [0.5, 0.6) is 0 Å². The van der Waals surface area contributed by atoms with Gasteiger partial charge >= 0.3 is 0 Å². The molecule has 3 aliphatic rings. The number of rotatable bonds is 3. The molecular formula is C29H28N6O. The fourth-order valence-electron chi connectivity index (χ4n) is 6.12. The van der Waals surface area contributed by atoms with E-state index in [1.807, 2.05) is 35.5 Å². The molecule has 3 aromatic heterocycles. The Morgan fingerprint density at radius 1 is 1.11 bits per heavy atom. The van der Waals surface area contributed by atoms with Gasteiger partial charge in [-0.3, -0.25) is 14.8 Å². The number of allylic oxidation sites excluding steroid dienone is 1. The summed E-state index contributed by atoms with van der Waals surface area (Å²) in [6.45, 7) is 4.17. The van der Waals surface area contributed by atoms with Crippen molar-refractivity contribution >= 4 is 23.0 Å². The Morgan fingerprint density at radius 2 is 1.97 bits per heavy atom. The smallest absolute Gasteiger partial charge is 0.242 e. The van der Waals surface area contributed by atoms with Crippen molar-refractivity contribution in [2.75, 3.05) is 13.1 Å². The number of aromatic nitrogens is 4. The van der Waals surface area contributed by atoms with Crippen LogP contribution in [-0.4, -0.2) is 49.6 Å². The maximum absolute atomic E-state index is 13.2. The zero-order valence-electron chi connectivity index (χ0n) is 20.3. The zero-order valence-corrected chi connectivity index (χ0v) is 20.3. The highest BCUT2D eigenvalue weighted by Gasteiger charge is 2.37. The Bertz CT molecular complexity index is 1550. The van der Waals surface area contributed by atoms with Crippen LogP contribution in [0, 0.1) is 6.92 Å². The lowest BCUT2D eigenvalue weighted by Crippen LogP contribution is -2.37. The van der Waals surface area contributed by atoms with Crippen LogP contribution >= 0.6 is 0 Å². The molecule has 1 aromatic carbocycles. The molecule has 0 bridgehead atoms. The Balaban J connectivity index is 1.36. The molecule has 0 radical (unpaired) electrons. The minimum absolute atomic E-state index is 0.0448. The number of aromatic amines is 1. The molecule has 7 nitrogen and oxygen atoms in total. The van der Waals surface area contributed by atoms with Crippen molar-refractivity contribution < 1.29 is 4.79 Å². The molecule has 1 N–H and O–H groups in total. The highest BCUT2D eigenvalue weighted by atomic mass is 16.2. The van der Waals surface area contributed by atoms with Crippen LogP contribution in [-0.2, 0) is 11.3 Å². The van der Waals surface area contributed by atoms with E-state index in [1.54, 1.807) is 0 Å². The number of benzene rings is 1. The summed E-state index contributed by atoms with van der Waals surface area (Å²) in [5.74, 6) is 1.09. The lowest BCUT2D eigenvalue weighted by atomic mass is 9.82. The van der Waals surface area contributed by atoms with Gasteiger partial charge in [-0.1, -0.05) is 24.3 Å². The molecule has 2 atom stereocenters. The summed E-state index contributed by atoms with van der Waals surface area (Å²) >= 11 is 0. The second-order valence-corrected chi connectivity index (χ2v) is 9.94. The van der Waals surface area contributed by atoms with Gasteiger partial charge in [-0.05, 0) is 50.5 Å². The third kappa shape index (κ3) is 3.19. The lowest BCUT2D eigenvalue weighted by Gasteiger charge is -2.28.